The molecule has 1 aliphatic carbocycles. The number of fused-ring (bicyclic) bond motifs is 2. The Kier molecular flexibility index (Phi) is 4.75. The first-order valence-electron chi connectivity index (χ1n) is 10.4. The number of nitrogens with zero attached hydrogens (tertiary/aromatic N) is 4. The molecule has 7 heteroatoms. The topological polar surface area (TPSA) is 81.9 Å². The number of aryl methyl sites for hydroxylation is 1. The number of ether oxygens (including phenoxy) is 1. The predicted molar refractivity (Wildman–Crippen MR) is 111 cm³/mol. The molecule has 2 aliphatic rings. The molecule has 0 atom stereocenters. The highest BCUT2D eigenvalue weighted by Gasteiger charge is 2.26. The van der Waals surface area contributed by atoms with Gasteiger partial charge in [-0.25, -0.2) is 4.68 Å². The van der Waals surface area contributed by atoms with Crippen molar-refractivity contribution in [2.24, 2.45) is 0 Å². The molecule has 2 aromatic heterocycles. The zero-order valence-electron chi connectivity index (χ0n) is 16.6. The Bertz CT molecular complexity index is 1100. The minimum Gasteiger partial charge on any atom is -0.376 e. The lowest BCUT2D eigenvalue weighted by atomic mass is 9.91. The number of aromatic nitrogens is 4. The summed E-state index contributed by atoms with van der Waals surface area (Å²) in [7, 11) is 0. The van der Waals surface area contributed by atoms with Crippen molar-refractivity contribution in [2.75, 3.05) is 11.9 Å². The molecule has 7 nitrogen and oxygen atoms in total. The van der Waals surface area contributed by atoms with E-state index in [4.69, 9.17) is 4.74 Å². The van der Waals surface area contributed by atoms with E-state index >= 15 is 0 Å². The van der Waals surface area contributed by atoms with Gasteiger partial charge in [0.2, 0.25) is 0 Å². The van der Waals surface area contributed by atoms with Crippen molar-refractivity contribution in [3.05, 3.63) is 57.6 Å². The van der Waals surface area contributed by atoms with Gasteiger partial charge >= 0.3 is 0 Å². The summed E-state index contributed by atoms with van der Waals surface area (Å²) in [6.07, 6.45) is 4.59. The first kappa shape index (κ1) is 18.2. The SMILES string of the molecule is Cc1nnc(NC2CCC(n3nc4c(cc3=O)COCC4)CC2)c2ccccc12. The van der Waals surface area contributed by atoms with Crippen molar-refractivity contribution in [1.29, 1.82) is 0 Å². The molecule has 150 valence electrons. The second-order valence-electron chi connectivity index (χ2n) is 8.03. The van der Waals surface area contributed by atoms with E-state index in [-0.39, 0.29) is 11.6 Å². The van der Waals surface area contributed by atoms with E-state index in [1.165, 1.54) is 0 Å². The largest absolute Gasteiger partial charge is 0.376 e. The van der Waals surface area contributed by atoms with Crippen LogP contribution in [0.2, 0.25) is 0 Å². The van der Waals surface area contributed by atoms with E-state index in [0.717, 1.165) is 65.6 Å². The molecule has 3 heterocycles. The van der Waals surface area contributed by atoms with Crippen LogP contribution < -0.4 is 10.9 Å². The normalized spacial score (nSPS) is 21.7. The Labute approximate surface area is 169 Å². The Balaban J connectivity index is 1.30. The second kappa shape index (κ2) is 7.55. The number of rotatable bonds is 3. The van der Waals surface area contributed by atoms with Crippen molar-refractivity contribution in [3.63, 3.8) is 0 Å². The van der Waals surface area contributed by atoms with Crippen LogP contribution in [0.25, 0.3) is 10.8 Å². The van der Waals surface area contributed by atoms with E-state index in [1.54, 1.807) is 10.7 Å². The molecule has 29 heavy (non-hydrogen) atoms. The molecule has 1 N–H and O–H groups in total. The number of nitrogens with one attached hydrogen (secondary N) is 1. The van der Waals surface area contributed by atoms with Gasteiger partial charge in [-0.3, -0.25) is 4.79 Å². The van der Waals surface area contributed by atoms with Crippen LogP contribution in [0.4, 0.5) is 5.82 Å². The predicted octanol–water partition coefficient (Wildman–Crippen LogP) is 3.16. The van der Waals surface area contributed by atoms with Crippen LogP contribution in [-0.4, -0.2) is 32.6 Å². The Morgan fingerprint density at radius 1 is 1.10 bits per heavy atom. The van der Waals surface area contributed by atoms with Gasteiger partial charge in [0.25, 0.3) is 5.56 Å². The summed E-state index contributed by atoms with van der Waals surface area (Å²) >= 11 is 0. The third kappa shape index (κ3) is 3.51. The third-order valence-corrected chi connectivity index (χ3v) is 6.12. The van der Waals surface area contributed by atoms with Gasteiger partial charge in [-0.2, -0.15) is 10.2 Å². The van der Waals surface area contributed by atoms with Gasteiger partial charge in [0.1, 0.15) is 0 Å². The Morgan fingerprint density at radius 3 is 2.72 bits per heavy atom. The van der Waals surface area contributed by atoms with Gasteiger partial charge in [-0.15, -0.1) is 5.10 Å². The van der Waals surface area contributed by atoms with E-state index in [1.807, 2.05) is 19.1 Å². The van der Waals surface area contributed by atoms with Crippen LogP contribution in [0.3, 0.4) is 0 Å². The van der Waals surface area contributed by atoms with E-state index in [9.17, 15) is 4.79 Å². The molecule has 3 aromatic rings. The molecular weight excluding hydrogens is 366 g/mol. The van der Waals surface area contributed by atoms with Gasteiger partial charge in [-0.05, 0) is 32.6 Å². The standard InChI is InChI=1S/C22H25N5O2/c1-14-18-4-2-3-5-19(18)22(25-24-14)23-16-6-8-17(9-7-16)27-21(28)12-15-13-29-11-10-20(15)26-27/h2-5,12,16-17H,6-11,13H2,1H3,(H,23,25). The van der Waals surface area contributed by atoms with Crippen LogP contribution in [0.1, 0.15) is 48.7 Å². The highest BCUT2D eigenvalue weighted by Crippen LogP contribution is 2.31. The van der Waals surface area contributed by atoms with Gasteiger partial charge in [0, 0.05) is 34.9 Å². The maximum Gasteiger partial charge on any atom is 0.267 e. The van der Waals surface area contributed by atoms with Crippen molar-refractivity contribution < 1.29 is 4.74 Å². The summed E-state index contributed by atoms with van der Waals surface area (Å²) in [6.45, 7) is 3.17. The van der Waals surface area contributed by atoms with E-state index < -0.39 is 0 Å². The minimum atomic E-state index is -0.0129. The maximum absolute atomic E-state index is 12.6. The third-order valence-electron chi connectivity index (χ3n) is 6.12. The monoisotopic (exact) mass is 391 g/mol. The molecule has 1 aromatic carbocycles. The molecule has 5 rings (SSSR count). The number of hydrogen-bond donors (Lipinski definition) is 1. The lowest BCUT2D eigenvalue weighted by Crippen LogP contribution is -2.35. The van der Waals surface area contributed by atoms with E-state index in [0.29, 0.717) is 19.3 Å². The molecule has 0 radical (unpaired) electrons. The van der Waals surface area contributed by atoms with Gasteiger partial charge in [0.05, 0.1) is 30.6 Å². The summed E-state index contributed by atoms with van der Waals surface area (Å²) in [6, 6.07) is 10.4. The van der Waals surface area contributed by atoms with Crippen molar-refractivity contribution >= 4 is 16.6 Å². The number of anilines is 1. The second-order valence-corrected chi connectivity index (χ2v) is 8.03. The summed E-state index contributed by atoms with van der Waals surface area (Å²) in [5.41, 5.74) is 2.88. The van der Waals surface area contributed by atoms with Crippen LogP contribution in [0, 0.1) is 6.92 Å². The lowest BCUT2D eigenvalue weighted by molar-refractivity contribution is 0.107. The highest BCUT2D eigenvalue weighted by molar-refractivity contribution is 5.92. The van der Waals surface area contributed by atoms with Gasteiger partial charge in [0.15, 0.2) is 5.82 Å². The zero-order valence-corrected chi connectivity index (χ0v) is 16.6. The number of benzene rings is 1. The van der Waals surface area contributed by atoms with Crippen LogP contribution >= 0.6 is 0 Å². The molecule has 0 amide bonds. The first-order valence-corrected chi connectivity index (χ1v) is 10.4. The average molecular weight is 391 g/mol. The van der Waals surface area contributed by atoms with Crippen LogP contribution in [-0.2, 0) is 17.8 Å². The summed E-state index contributed by atoms with van der Waals surface area (Å²) in [5, 5.41) is 19.2. The van der Waals surface area contributed by atoms with E-state index in [2.05, 4.69) is 32.7 Å². The molecule has 1 aliphatic heterocycles. The molecule has 0 saturated heterocycles. The minimum absolute atomic E-state index is 0.0129. The molecule has 1 saturated carbocycles. The molecule has 0 spiro atoms. The summed E-state index contributed by atoms with van der Waals surface area (Å²) in [4.78, 5) is 12.6. The van der Waals surface area contributed by atoms with Gasteiger partial charge < -0.3 is 10.1 Å². The quantitative estimate of drug-likeness (QED) is 0.739. The fraction of sp³-hybridized carbons (Fsp3) is 0.455. The highest BCUT2D eigenvalue weighted by atomic mass is 16.5. The maximum atomic E-state index is 12.6. The van der Waals surface area contributed by atoms with Crippen molar-refractivity contribution in [1.82, 2.24) is 20.0 Å². The fourth-order valence-corrected chi connectivity index (χ4v) is 4.49. The smallest absolute Gasteiger partial charge is 0.267 e. The summed E-state index contributed by atoms with van der Waals surface area (Å²) < 4.78 is 7.15. The molecular formula is C22H25N5O2. The van der Waals surface area contributed by atoms with Crippen LogP contribution in [0.15, 0.2) is 35.1 Å². The Hall–Kier alpha value is -2.80. The van der Waals surface area contributed by atoms with Crippen LogP contribution in [0.5, 0.6) is 0 Å². The van der Waals surface area contributed by atoms with Gasteiger partial charge in [-0.1, -0.05) is 24.3 Å². The molecule has 0 bridgehead atoms. The van der Waals surface area contributed by atoms with Crippen molar-refractivity contribution in [2.45, 2.75) is 57.7 Å². The lowest BCUT2D eigenvalue weighted by Gasteiger charge is -2.30. The molecule has 0 unspecified atom stereocenters. The molecule has 1 fully saturated rings. The fourth-order valence-electron chi connectivity index (χ4n) is 4.49. The Morgan fingerprint density at radius 2 is 1.90 bits per heavy atom. The zero-order chi connectivity index (χ0) is 19.8. The average Bonchev–Trinajstić information content (AvgIpc) is 2.76. The number of hydrogen-bond acceptors (Lipinski definition) is 6. The first-order chi connectivity index (χ1) is 14.2. The van der Waals surface area contributed by atoms with Crippen molar-refractivity contribution in [3.8, 4) is 0 Å². The summed E-state index contributed by atoms with van der Waals surface area (Å²) in [5.74, 6) is 0.846.